The normalized spacial score (nSPS) is 14.7. The average Bonchev–Trinajstić information content (AvgIpc) is 2.67. The molecule has 0 atom stereocenters. The van der Waals surface area contributed by atoms with Gasteiger partial charge >= 0.3 is 0 Å². The lowest BCUT2D eigenvalue weighted by atomic mass is 9.95. The van der Waals surface area contributed by atoms with E-state index in [1.54, 1.807) is 29.2 Å². The van der Waals surface area contributed by atoms with Gasteiger partial charge in [0.25, 0.3) is 5.91 Å². The lowest BCUT2D eigenvalue weighted by Gasteiger charge is -2.31. The van der Waals surface area contributed by atoms with Crippen LogP contribution in [0.2, 0.25) is 5.02 Å². The van der Waals surface area contributed by atoms with E-state index in [0.29, 0.717) is 48.0 Å². The molecule has 3 rings (SSSR count). The van der Waals surface area contributed by atoms with E-state index in [4.69, 9.17) is 16.3 Å². The molecule has 0 unspecified atom stereocenters. The first-order valence-electron chi connectivity index (χ1n) is 8.67. The molecular weight excluding hydrogens is 371 g/mol. The van der Waals surface area contributed by atoms with E-state index >= 15 is 0 Å². The monoisotopic (exact) mass is 390 g/mol. The van der Waals surface area contributed by atoms with Crippen molar-refractivity contribution in [1.82, 2.24) is 4.90 Å². The molecule has 1 N–H and O–H groups in total. The van der Waals surface area contributed by atoms with Crippen molar-refractivity contribution in [2.24, 2.45) is 5.92 Å². The van der Waals surface area contributed by atoms with Crippen LogP contribution in [0.25, 0.3) is 0 Å². The van der Waals surface area contributed by atoms with Gasteiger partial charge in [-0.05, 0) is 49.2 Å². The third-order valence-electron chi connectivity index (χ3n) is 4.64. The van der Waals surface area contributed by atoms with Crippen molar-refractivity contribution in [3.8, 4) is 5.75 Å². The maximum atomic E-state index is 13.3. The molecule has 0 bridgehead atoms. The highest BCUT2D eigenvalue weighted by molar-refractivity contribution is 6.32. The van der Waals surface area contributed by atoms with Gasteiger partial charge in [-0.15, -0.1) is 0 Å². The highest BCUT2D eigenvalue weighted by Crippen LogP contribution is 2.28. The van der Waals surface area contributed by atoms with Crippen molar-refractivity contribution in [2.45, 2.75) is 12.8 Å². The number of carbonyl (C=O) groups excluding carboxylic acids is 2. The first kappa shape index (κ1) is 19.2. The number of anilines is 1. The number of piperidine rings is 1. The van der Waals surface area contributed by atoms with Gasteiger partial charge in [-0.2, -0.15) is 0 Å². The third-order valence-corrected chi connectivity index (χ3v) is 4.94. The summed E-state index contributed by atoms with van der Waals surface area (Å²) in [5.74, 6) is -0.404. The highest BCUT2D eigenvalue weighted by Gasteiger charge is 2.28. The van der Waals surface area contributed by atoms with Gasteiger partial charge in [0, 0.05) is 30.3 Å². The number of amides is 2. The molecular formula is C20H20ClFN2O3. The van der Waals surface area contributed by atoms with E-state index in [1.807, 2.05) is 0 Å². The molecule has 142 valence electrons. The number of ether oxygens (including phenoxy) is 1. The lowest BCUT2D eigenvalue weighted by molar-refractivity contribution is -0.121. The second-order valence-corrected chi connectivity index (χ2v) is 6.82. The van der Waals surface area contributed by atoms with Crippen LogP contribution in [0.15, 0.2) is 42.5 Å². The van der Waals surface area contributed by atoms with Gasteiger partial charge in [0.2, 0.25) is 5.91 Å². The van der Waals surface area contributed by atoms with Crippen molar-refractivity contribution in [2.75, 3.05) is 25.5 Å². The Morgan fingerprint density at radius 1 is 1.19 bits per heavy atom. The molecule has 1 aliphatic rings. The highest BCUT2D eigenvalue weighted by atomic mass is 35.5. The topological polar surface area (TPSA) is 58.6 Å². The average molecular weight is 391 g/mol. The minimum atomic E-state index is -0.437. The Hall–Kier alpha value is -2.60. The van der Waals surface area contributed by atoms with E-state index in [1.165, 1.54) is 25.3 Å². The maximum absolute atomic E-state index is 13.3. The van der Waals surface area contributed by atoms with E-state index in [9.17, 15) is 14.0 Å². The number of methoxy groups -OCH3 is 1. The molecule has 0 radical (unpaired) electrons. The standard InChI is InChI=1S/C20H20ClFN2O3/c1-27-18-6-5-16(12-17(18)21)23-19(25)13-7-9-24(10-8-13)20(26)14-3-2-4-15(22)11-14/h2-6,11-13H,7-10H2,1H3,(H,23,25). The molecule has 1 fully saturated rings. The van der Waals surface area contributed by atoms with E-state index < -0.39 is 5.82 Å². The van der Waals surface area contributed by atoms with Crippen molar-refractivity contribution in [3.63, 3.8) is 0 Å². The van der Waals surface area contributed by atoms with Gasteiger partial charge in [0.15, 0.2) is 0 Å². The molecule has 2 aromatic carbocycles. The van der Waals surface area contributed by atoms with Crippen molar-refractivity contribution in [3.05, 3.63) is 58.9 Å². The molecule has 1 heterocycles. The van der Waals surface area contributed by atoms with Crippen molar-refractivity contribution in [1.29, 1.82) is 0 Å². The molecule has 7 heteroatoms. The maximum Gasteiger partial charge on any atom is 0.253 e. The van der Waals surface area contributed by atoms with Crippen LogP contribution in [0, 0.1) is 11.7 Å². The fourth-order valence-electron chi connectivity index (χ4n) is 3.14. The zero-order valence-electron chi connectivity index (χ0n) is 14.9. The summed E-state index contributed by atoms with van der Waals surface area (Å²) in [6, 6.07) is 10.7. The molecule has 0 aromatic heterocycles. The zero-order chi connectivity index (χ0) is 19.4. The van der Waals surface area contributed by atoms with Crippen LogP contribution in [-0.4, -0.2) is 36.9 Å². The molecule has 5 nitrogen and oxygen atoms in total. The van der Waals surface area contributed by atoms with E-state index in [-0.39, 0.29) is 17.7 Å². The Morgan fingerprint density at radius 2 is 1.93 bits per heavy atom. The van der Waals surface area contributed by atoms with Crippen LogP contribution in [-0.2, 0) is 4.79 Å². The summed E-state index contributed by atoms with van der Waals surface area (Å²) in [6.07, 6.45) is 1.10. The lowest BCUT2D eigenvalue weighted by Crippen LogP contribution is -2.41. The largest absolute Gasteiger partial charge is 0.495 e. The zero-order valence-corrected chi connectivity index (χ0v) is 15.6. The number of nitrogens with one attached hydrogen (secondary N) is 1. The summed E-state index contributed by atoms with van der Waals surface area (Å²) in [4.78, 5) is 26.6. The number of halogens is 2. The van der Waals surface area contributed by atoms with Crippen LogP contribution in [0.5, 0.6) is 5.75 Å². The summed E-state index contributed by atoms with van der Waals surface area (Å²) in [5, 5.41) is 3.28. The quantitative estimate of drug-likeness (QED) is 0.859. The second kappa shape index (κ2) is 8.39. The molecule has 0 saturated carbocycles. The Labute approximate surface area is 162 Å². The van der Waals surface area contributed by atoms with E-state index in [2.05, 4.69) is 5.32 Å². The fourth-order valence-corrected chi connectivity index (χ4v) is 3.40. The number of carbonyl (C=O) groups is 2. The Morgan fingerprint density at radius 3 is 2.56 bits per heavy atom. The minimum absolute atomic E-state index is 0.103. The molecule has 2 aromatic rings. The second-order valence-electron chi connectivity index (χ2n) is 6.42. The van der Waals surface area contributed by atoms with Gasteiger partial charge in [-0.25, -0.2) is 4.39 Å². The van der Waals surface area contributed by atoms with Gasteiger partial charge in [0.1, 0.15) is 11.6 Å². The first-order valence-corrected chi connectivity index (χ1v) is 9.05. The summed E-state index contributed by atoms with van der Waals surface area (Å²) >= 11 is 6.07. The van der Waals surface area contributed by atoms with Crippen LogP contribution < -0.4 is 10.1 Å². The summed E-state index contributed by atoms with van der Waals surface area (Å²) in [6.45, 7) is 0.910. The minimum Gasteiger partial charge on any atom is -0.495 e. The van der Waals surface area contributed by atoms with Gasteiger partial charge < -0.3 is 15.0 Å². The number of nitrogens with zero attached hydrogens (tertiary/aromatic N) is 1. The van der Waals surface area contributed by atoms with E-state index in [0.717, 1.165) is 0 Å². The molecule has 2 amide bonds. The molecule has 0 aliphatic carbocycles. The van der Waals surface area contributed by atoms with Gasteiger partial charge in [0.05, 0.1) is 12.1 Å². The molecule has 1 saturated heterocycles. The third kappa shape index (κ3) is 4.57. The predicted octanol–water partition coefficient (Wildman–Crippen LogP) is 3.98. The summed E-state index contributed by atoms with van der Waals surface area (Å²) in [5.41, 5.74) is 0.926. The Kier molecular flexibility index (Phi) is 5.96. The first-order chi connectivity index (χ1) is 13.0. The van der Waals surface area contributed by atoms with Crippen LogP contribution in [0.1, 0.15) is 23.2 Å². The van der Waals surface area contributed by atoms with Crippen LogP contribution >= 0.6 is 11.6 Å². The SMILES string of the molecule is COc1ccc(NC(=O)C2CCN(C(=O)c3cccc(F)c3)CC2)cc1Cl. The summed E-state index contributed by atoms with van der Waals surface area (Å²) in [7, 11) is 1.53. The molecule has 0 spiro atoms. The molecule has 27 heavy (non-hydrogen) atoms. The van der Waals surface area contributed by atoms with Crippen molar-refractivity contribution >= 4 is 29.1 Å². The Bertz CT molecular complexity index is 851. The van der Waals surface area contributed by atoms with Gasteiger partial charge in [-0.1, -0.05) is 17.7 Å². The molecule has 1 aliphatic heterocycles. The number of likely N-dealkylation sites (tertiary alicyclic amines) is 1. The van der Waals surface area contributed by atoms with Gasteiger partial charge in [-0.3, -0.25) is 9.59 Å². The van der Waals surface area contributed by atoms with Crippen LogP contribution in [0.4, 0.5) is 10.1 Å². The smallest absolute Gasteiger partial charge is 0.253 e. The summed E-state index contributed by atoms with van der Waals surface area (Å²) < 4.78 is 18.4. The van der Waals surface area contributed by atoms with Crippen LogP contribution in [0.3, 0.4) is 0 Å². The number of hydrogen-bond donors (Lipinski definition) is 1. The van der Waals surface area contributed by atoms with Crippen molar-refractivity contribution < 1.29 is 18.7 Å². The number of hydrogen-bond acceptors (Lipinski definition) is 3. The number of rotatable bonds is 4. The Balaban J connectivity index is 1.56. The predicted molar refractivity (Wildman–Crippen MR) is 102 cm³/mol. The fraction of sp³-hybridized carbons (Fsp3) is 0.300. The number of benzene rings is 2.